The van der Waals surface area contributed by atoms with Gasteiger partial charge in [-0.3, -0.25) is 9.47 Å². The van der Waals surface area contributed by atoms with E-state index in [0.717, 1.165) is 0 Å². The molecule has 0 aromatic rings. The lowest BCUT2D eigenvalue weighted by molar-refractivity contribution is -0.426. The van der Waals surface area contributed by atoms with Crippen molar-refractivity contribution < 1.29 is 18.3 Å². The van der Waals surface area contributed by atoms with Crippen LogP contribution in [-0.4, -0.2) is 21.8 Å². The van der Waals surface area contributed by atoms with Crippen molar-refractivity contribution in [1.82, 2.24) is 0 Å². The average molecular weight is 262 g/mol. The zero-order valence-electron chi connectivity index (χ0n) is 5.29. The maximum absolute atomic E-state index is 12.3. The van der Waals surface area contributed by atoms with Gasteiger partial charge in [0.1, 0.15) is 0 Å². The first-order valence-electron chi connectivity index (χ1n) is 2.64. The van der Waals surface area contributed by atoms with Gasteiger partial charge in [-0.2, -0.15) is 0 Å². The van der Waals surface area contributed by atoms with Crippen molar-refractivity contribution in [1.29, 1.82) is 0 Å². The van der Waals surface area contributed by atoms with E-state index in [0.29, 0.717) is 0 Å². The highest BCUT2D eigenvalue weighted by atomic mass is 35.5. The van der Waals surface area contributed by atoms with Crippen molar-refractivity contribution in [3.05, 3.63) is 0 Å². The largest absolute Gasteiger partial charge is 0.488 e. The van der Waals surface area contributed by atoms with E-state index in [9.17, 15) is 8.78 Å². The van der Waals surface area contributed by atoms with Gasteiger partial charge in [0.2, 0.25) is 0 Å². The first-order chi connectivity index (χ1) is 5.16. The normalized spacial score (nSPS) is 31.5. The number of halogens is 6. The average Bonchev–Trinajstić information content (AvgIpc) is 1.79. The highest BCUT2D eigenvalue weighted by Gasteiger charge is 2.60. The molecule has 12 heavy (non-hydrogen) atoms. The van der Waals surface area contributed by atoms with Gasteiger partial charge in [0.25, 0.3) is 4.52 Å². The van der Waals surface area contributed by atoms with E-state index in [1.807, 2.05) is 0 Å². The Bertz CT molecular complexity index is 195. The quantitative estimate of drug-likeness (QED) is 0.625. The van der Waals surface area contributed by atoms with E-state index in [4.69, 9.17) is 46.4 Å². The Morgan fingerprint density at radius 2 is 1.58 bits per heavy atom. The Morgan fingerprint density at radius 3 is 1.92 bits per heavy atom. The standard InChI is InChI=1S/C4H2Cl4F2O2/c5-2(6)1-11-4(9,10)12-3(2,7)8/h1H2. The van der Waals surface area contributed by atoms with Crippen LogP contribution in [0.5, 0.6) is 0 Å². The van der Waals surface area contributed by atoms with Gasteiger partial charge in [0.15, 0.2) is 4.33 Å². The molecule has 1 heterocycles. The Morgan fingerprint density at radius 1 is 1.08 bits per heavy atom. The molecule has 0 spiro atoms. The van der Waals surface area contributed by atoms with Crippen molar-refractivity contribution in [2.75, 3.05) is 6.61 Å². The molecule has 0 saturated carbocycles. The molecule has 1 rings (SSSR count). The molecular formula is C4H2Cl4F2O2. The molecule has 0 N–H and O–H groups in total. The fourth-order valence-corrected chi connectivity index (χ4v) is 0.987. The predicted octanol–water partition coefficient (Wildman–Crippen LogP) is 2.89. The van der Waals surface area contributed by atoms with Crippen LogP contribution >= 0.6 is 46.4 Å². The van der Waals surface area contributed by atoms with Crippen LogP contribution in [0, 0.1) is 0 Å². The summed E-state index contributed by atoms with van der Waals surface area (Å²) < 4.78 is 27.9. The van der Waals surface area contributed by atoms with Gasteiger partial charge in [-0.1, -0.05) is 46.4 Å². The number of hydrogen-bond acceptors (Lipinski definition) is 2. The summed E-state index contributed by atoms with van der Waals surface area (Å²) in [6.45, 7) is -0.726. The molecule has 0 atom stereocenters. The fraction of sp³-hybridized carbons (Fsp3) is 1.00. The van der Waals surface area contributed by atoms with Gasteiger partial charge in [0, 0.05) is 0 Å². The lowest BCUT2D eigenvalue weighted by atomic mass is 10.4. The molecule has 0 amide bonds. The topological polar surface area (TPSA) is 18.5 Å². The van der Waals surface area contributed by atoms with Crippen molar-refractivity contribution in [2.45, 2.75) is 15.1 Å². The van der Waals surface area contributed by atoms with Crippen LogP contribution in [0.2, 0.25) is 0 Å². The zero-order chi connectivity index (χ0) is 9.62. The monoisotopic (exact) mass is 260 g/mol. The second kappa shape index (κ2) is 2.97. The SMILES string of the molecule is FC1(F)OCC(Cl)(Cl)C(Cl)(Cl)O1. The second-order valence-corrected chi connectivity index (χ2v) is 4.82. The third-order valence-electron chi connectivity index (χ3n) is 1.09. The molecule has 2 nitrogen and oxygen atoms in total. The first-order valence-corrected chi connectivity index (χ1v) is 4.15. The molecule has 0 radical (unpaired) electrons. The van der Waals surface area contributed by atoms with Crippen LogP contribution in [0.25, 0.3) is 0 Å². The van der Waals surface area contributed by atoms with Gasteiger partial charge in [0.05, 0.1) is 6.61 Å². The van der Waals surface area contributed by atoms with Gasteiger partial charge in [-0.05, 0) is 0 Å². The lowest BCUT2D eigenvalue weighted by Crippen LogP contribution is -2.54. The third-order valence-corrected chi connectivity index (χ3v) is 3.03. The maximum Gasteiger partial charge on any atom is 0.488 e. The van der Waals surface area contributed by atoms with Gasteiger partial charge in [-0.25, -0.2) is 0 Å². The third kappa shape index (κ3) is 2.05. The maximum atomic E-state index is 12.3. The van der Waals surface area contributed by atoms with Crippen LogP contribution in [0.15, 0.2) is 0 Å². The highest BCUT2D eigenvalue weighted by Crippen LogP contribution is 2.50. The van der Waals surface area contributed by atoms with Crippen LogP contribution in [-0.2, 0) is 9.47 Å². The summed E-state index contributed by atoms with van der Waals surface area (Å²) >= 11 is 21.4. The molecule has 8 heteroatoms. The molecule has 0 bridgehead atoms. The van der Waals surface area contributed by atoms with E-state index in [2.05, 4.69) is 9.47 Å². The first kappa shape index (κ1) is 11.0. The van der Waals surface area contributed by atoms with Crippen molar-refractivity contribution in [3.63, 3.8) is 0 Å². The minimum absolute atomic E-state index is 0.726. The smallest absolute Gasteiger partial charge is 0.292 e. The zero-order valence-corrected chi connectivity index (χ0v) is 8.32. The summed E-state index contributed by atoms with van der Waals surface area (Å²) in [5.74, 6) is 0. The Balaban J connectivity index is 2.82. The van der Waals surface area contributed by atoms with Crippen LogP contribution in [0.1, 0.15) is 0 Å². The van der Waals surface area contributed by atoms with E-state index in [1.54, 1.807) is 0 Å². The van der Waals surface area contributed by atoms with E-state index in [-0.39, 0.29) is 0 Å². The van der Waals surface area contributed by atoms with Crippen LogP contribution < -0.4 is 0 Å². The molecule has 1 aliphatic heterocycles. The Labute approximate surface area is 86.6 Å². The number of hydrogen-bond donors (Lipinski definition) is 0. The lowest BCUT2D eigenvalue weighted by Gasteiger charge is -2.39. The number of alkyl halides is 6. The Kier molecular flexibility index (Phi) is 2.73. The van der Waals surface area contributed by atoms with Crippen LogP contribution in [0.4, 0.5) is 8.78 Å². The minimum Gasteiger partial charge on any atom is -0.292 e. The number of rotatable bonds is 0. The van der Waals surface area contributed by atoms with E-state index < -0.39 is 21.8 Å². The molecule has 0 aromatic carbocycles. The summed E-state index contributed by atoms with van der Waals surface area (Å²) in [5, 5.41) is 0. The van der Waals surface area contributed by atoms with E-state index in [1.165, 1.54) is 0 Å². The van der Waals surface area contributed by atoms with Gasteiger partial charge < -0.3 is 0 Å². The molecule has 0 aliphatic carbocycles. The molecule has 1 saturated heterocycles. The van der Waals surface area contributed by atoms with Crippen molar-refractivity contribution >= 4 is 46.4 Å². The van der Waals surface area contributed by atoms with Gasteiger partial charge >= 0.3 is 6.29 Å². The summed E-state index contributed by atoms with van der Waals surface area (Å²) in [4.78, 5) is 0. The summed E-state index contributed by atoms with van der Waals surface area (Å²) in [6.07, 6.45) is -3.86. The molecule has 0 unspecified atom stereocenters. The molecule has 1 fully saturated rings. The summed E-state index contributed by atoms with van der Waals surface area (Å²) in [6, 6.07) is 0. The van der Waals surface area contributed by atoms with E-state index >= 15 is 0 Å². The fourth-order valence-electron chi connectivity index (χ4n) is 0.512. The molecular weight excluding hydrogens is 260 g/mol. The molecule has 0 aromatic heterocycles. The predicted molar refractivity (Wildman–Crippen MR) is 40.9 cm³/mol. The highest BCUT2D eigenvalue weighted by molar-refractivity contribution is 6.61. The van der Waals surface area contributed by atoms with Gasteiger partial charge in [-0.15, -0.1) is 8.78 Å². The van der Waals surface area contributed by atoms with Crippen molar-refractivity contribution in [3.8, 4) is 0 Å². The van der Waals surface area contributed by atoms with Crippen LogP contribution in [0.3, 0.4) is 0 Å². The Hall–Kier alpha value is 0.940. The molecule has 72 valence electrons. The van der Waals surface area contributed by atoms with Crippen molar-refractivity contribution in [2.24, 2.45) is 0 Å². The summed E-state index contributed by atoms with van der Waals surface area (Å²) in [5.41, 5.74) is 0. The minimum atomic E-state index is -3.86. The summed E-state index contributed by atoms with van der Waals surface area (Å²) in [7, 11) is 0. The molecule has 1 aliphatic rings. The second-order valence-electron chi connectivity index (χ2n) is 2.08. The number of ether oxygens (including phenoxy) is 2.